The second-order valence-corrected chi connectivity index (χ2v) is 5.20. The lowest BCUT2D eigenvalue weighted by Gasteiger charge is -2.03. The van der Waals surface area contributed by atoms with Gasteiger partial charge in [-0.2, -0.15) is 0 Å². The number of thiophene rings is 1. The van der Waals surface area contributed by atoms with E-state index in [0.717, 1.165) is 10.1 Å². The summed E-state index contributed by atoms with van der Waals surface area (Å²) in [4.78, 5) is 0. The Hall–Kier alpha value is -1.36. The third kappa shape index (κ3) is 1.57. The van der Waals surface area contributed by atoms with E-state index in [9.17, 15) is 10.0 Å². The Morgan fingerprint density at radius 2 is 1.82 bits per heavy atom. The van der Waals surface area contributed by atoms with Crippen LogP contribution in [0, 0.1) is 6.92 Å². The van der Waals surface area contributed by atoms with E-state index in [1.54, 1.807) is 17.4 Å². The van der Waals surface area contributed by atoms with Gasteiger partial charge in [0.1, 0.15) is 0 Å². The minimum absolute atomic E-state index is 0.590. The lowest BCUT2D eigenvalue weighted by molar-refractivity contribution is 0.426. The molecule has 1 heterocycles. The summed E-state index contributed by atoms with van der Waals surface area (Å²) in [5.74, 6) is 0. The van der Waals surface area contributed by atoms with E-state index in [1.807, 2.05) is 18.2 Å². The van der Waals surface area contributed by atoms with Crippen molar-refractivity contribution in [3.8, 4) is 0 Å². The predicted molar refractivity (Wildman–Crippen MR) is 73.9 cm³/mol. The molecule has 0 atom stereocenters. The Labute approximate surface area is 103 Å². The molecule has 0 amide bonds. The van der Waals surface area contributed by atoms with Gasteiger partial charge in [-0.1, -0.05) is 30.3 Å². The summed E-state index contributed by atoms with van der Waals surface area (Å²) in [6.45, 7) is 2.05. The van der Waals surface area contributed by atoms with Crippen molar-refractivity contribution in [1.82, 2.24) is 0 Å². The Morgan fingerprint density at radius 1 is 1.06 bits per heavy atom. The largest absolute Gasteiger partial charge is 0.489 e. The minimum atomic E-state index is -1.41. The first kappa shape index (κ1) is 10.8. The topological polar surface area (TPSA) is 40.5 Å². The molecule has 0 radical (unpaired) electrons. The van der Waals surface area contributed by atoms with Gasteiger partial charge >= 0.3 is 7.12 Å². The fourth-order valence-electron chi connectivity index (χ4n) is 2.22. The Bertz CT molecular complexity index is 703. The van der Waals surface area contributed by atoms with Crippen molar-refractivity contribution in [2.75, 3.05) is 0 Å². The van der Waals surface area contributed by atoms with Gasteiger partial charge in [-0.15, -0.1) is 11.3 Å². The number of rotatable bonds is 1. The molecule has 0 bridgehead atoms. The molecule has 0 saturated heterocycles. The molecule has 3 rings (SSSR count). The highest BCUT2D eigenvalue weighted by Crippen LogP contribution is 2.34. The van der Waals surface area contributed by atoms with E-state index in [4.69, 9.17) is 0 Å². The summed E-state index contributed by atoms with van der Waals surface area (Å²) in [6, 6.07) is 11.9. The van der Waals surface area contributed by atoms with Crippen LogP contribution in [0.3, 0.4) is 0 Å². The first-order valence-electron chi connectivity index (χ1n) is 5.45. The van der Waals surface area contributed by atoms with Gasteiger partial charge in [0, 0.05) is 20.2 Å². The first-order valence-corrected chi connectivity index (χ1v) is 6.27. The van der Waals surface area contributed by atoms with Crippen LogP contribution in [0.1, 0.15) is 5.56 Å². The molecule has 0 aliphatic carbocycles. The van der Waals surface area contributed by atoms with Crippen LogP contribution in [-0.2, 0) is 0 Å². The molecule has 17 heavy (non-hydrogen) atoms. The fourth-order valence-corrected chi connectivity index (χ4v) is 3.53. The second-order valence-electron chi connectivity index (χ2n) is 4.15. The van der Waals surface area contributed by atoms with E-state index in [1.165, 1.54) is 15.6 Å². The molecule has 0 saturated carbocycles. The zero-order chi connectivity index (χ0) is 12.0. The van der Waals surface area contributed by atoms with Crippen LogP contribution in [0.5, 0.6) is 0 Å². The van der Waals surface area contributed by atoms with Gasteiger partial charge in [0.05, 0.1) is 0 Å². The molecule has 84 valence electrons. The summed E-state index contributed by atoms with van der Waals surface area (Å²) in [6.07, 6.45) is 0. The minimum Gasteiger partial charge on any atom is -0.423 e. The van der Waals surface area contributed by atoms with Crippen molar-refractivity contribution in [3.63, 3.8) is 0 Å². The Morgan fingerprint density at radius 3 is 2.59 bits per heavy atom. The Kier molecular flexibility index (Phi) is 2.43. The SMILES string of the molecule is Cc1ccc(B(O)O)c2sc3ccccc3c12. The number of hydrogen-bond acceptors (Lipinski definition) is 3. The van der Waals surface area contributed by atoms with E-state index in [-0.39, 0.29) is 0 Å². The van der Waals surface area contributed by atoms with Crippen LogP contribution in [0.2, 0.25) is 0 Å². The number of hydrogen-bond donors (Lipinski definition) is 2. The normalized spacial score (nSPS) is 11.2. The summed E-state index contributed by atoms with van der Waals surface area (Å²) >= 11 is 1.61. The standard InChI is InChI=1S/C13H11BO2S/c1-8-6-7-10(14(15)16)13-12(8)9-4-2-3-5-11(9)17-13/h2-7,15-16H,1H3. The molecule has 2 N–H and O–H groups in total. The summed E-state index contributed by atoms with van der Waals surface area (Å²) < 4.78 is 2.15. The van der Waals surface area contributed by atoms with Gasteiger partial charge in [0.25, 0.3) is 0 Å². The Balaban J connectivity index is 2.54. The third-order valence-corrected chi connectivity index (χ3v) is 4.26. The van der Waals surface area contributed by atoms with Crippen molar-refractivity contribution in [2.45, 2.75) is 6.92 Å². The molecule has 1 aromatic heterocycles. The average Bonchev–Trinajstić information content (AvgIpc) is 2.68. The maximum atomic E-state index is 9.40. The van der Waals surface area contributed by atoms with Gasteiger partial charge < -0.3 is 10.0 Å². The molecule has 0 aliphatic rings. The highest BCUT2D eigenvalue weighted by Gasteiger charge is 2.18. The molecule has 2 nitrogen and oxygen atoms in total. The molecule has 0 fully saturated rings. The molecule has 4 heteroatoms. The zero-order valence-electron chi connectivity index (χ0n) is 9.34. The van der Waals surface area contributed by atoms with Crippen LogP contribution >= 0.6 is 11.3 Å². The van der Waals surface area contributed by atoms with Gasteiger partial charge in [-0.05, 0) is 24.0 Å². The molecular weight excluding hydrogens is 231 g/mol. The van der Waals surface area contributed by atoms with Gasteiger partial charge in [0.15, 0.2) is 0 Å². The van der Waals surface area contributed by atoms with Gasteiger partial charge in [0.2, 0.25) is 0 Å². The summed E-state index contributed by atoms with van der Waals surface area (Å²) in [5.41, 5.74) is 1.76. The maximum absolute atomic E-state index is 9.40. The van der Waals surface area contributed by atoms with Gasteiger partial charge in [-0.3, -0.25) is 0 Å². The summed E-state index contributed by atoms with van der Waals surface area (Å²) in [5, 5.41) is 21.1. The molecule has 2 aromatic carbocycles. The van der Waals surface area contributed by atoms with Crippen molar-refractivity contribution < 1.29 is 10.0 Å². The molecular formula is C13H11BO2S. The molecule has 0 unspecified atom stereocenters. The number of fused-ring (bicyclic) bond motifs is 3. The predicted octanol–water partition coefficient (Wildman–Crippen LogP) is 2.04. The van der Waals surface area contributed by atoms with Crippen LogP contribution < -0.4 is 5.46 Å². The third-order valence-electron chi connectivity index (χ3n) is 3.04. The van der Waals surface area contributed by atoms with E-state index < -0.39 is 7.12 Å². The maximum Gasteiger partial charge on any atom is 0.489 e. The fraction of sp³-hybridized carbons (Fsp3) is 0.0769. The lowest BCUT2D eigenvalue weighted by atomic mass is 9.79. The highest BCUT2D eigenvalue weighted by atomic mass is 32.1. The average molecular weight is 242 g/mol. The molecule has 0 spiro atoms. The van der Waals surface area contributed by atoms with Crippen LogP contribution in [0.4, 0.5) is 0 Å². The van der Waals surface area contributed by atoms with Crippen molar-refractivity contribution in [3.05, 3.63) is 42.0 Å². The lowest BCUT2D eigenvalue weighted by Crippen LogP contribution is -2.29. The van der Waals surface area contributed by atoms with E-state index in [0.29, 0.717) is 5.46 Å². The number of benzene rings is 2. The van der Waals surface area contributed by atoms with E-state index >= 15 is 0 Å². The number of aryl methyl sites for hydroxylation is 1. The van der Waals surface area contributed by atoms with E-state index in [2.05, 4.69) is 19.1 Å². The van der Waals surface area contributed by atoms with Crippen molar-refractivity contribution in [2.24, 2.45) is 0 Å². The highest BCUT2D eigenvalue weighted by molar-refractivity contribution is 7.27. The first-order chi connectivity index (χ1) is 8.18. The quantitative estimate of drug-likeness (QED) is 0.641. The molecule has 3 aromatic rings. The van der Waals surface area contributed by atoms with Crippen molar-refractivity contribution in [1.29, 1.82) is 0 Å². The second kappa shape index (κ2) is 3.84. The zero-order valence-corrected chi connectivity index (χ0v) is 10.2. The van der Waals surface area contributed by atoms with Crippen molar-refractivity contribution >= 4 is 44.1 Å². The van der Waals surface area contributed by atoms with Gasteiger partial charge in [-0.25, -0.2) is 0 Å². The van der Waals surface area contributed by atoms with Crippen LogP contribution in [0.15, 0.2) is 36.4 Å². The monoisotopic (exact) mass is 242 g/mol. The van der Waals surface area contributed by atoms with Crippen LogP contribution in [0.25, 0.3) is 20.2 Å². The summed E-state index contributed by atoms with van der Waals surface area (Å²) in [7, 11) is -1.41. The molecule has 0 aliphatic heterocycles. The van der Waals surface area contributed by atoms with Crippen LogP contribution in [-0.4, -0.2) is 17.2 Å². The smallest absolute Gasteiger partial charge is 0.423 e.